The highest BCUT2D eigenvalue weighted by Crippen LogP contribution is 2.20. The number of rotatable bonds is 5. The number of aryl methyl sites for hydroxylation is 1. The van der Waals surface area contributed by atoms with Crippen molar-refractivity contribution in [2.45, 2.75) is 45.1 Å². The summed E-state index contributed by atoms with van der Waals surface area (Å²) in [5.74, 6) is -0.0330. The fourth-order valence-electron chi connectivity index (χ4n) is 2.96. The van der Waals surface area contributed by atoms with Gasteiger partial charge < -0.3 is 10.6 Å². The molecule has 23 heavy (non-hydrogen) atoms. The number of nitrogens with one attached hydrogen (secondary N) is 2. The first-order chi connectivity index (χ1) is 11.2. The minimum atomic E-state index is -0.0330. The van der Waals surface area contributed by atoms with E-state index in [1.807, 2.05) is 18.2 Å². The van der Waals surface area contributed by atoms with Crippen molar-refractivity contribution in [3.63, 3.8) is 0 Å². The van der Waals surface area contributed by atoms with Crippen LogP contribution in [0.1, 0.15) is 48.5 Å². The Kier molecular flexibility index (Phi) is 4.91. The molecular weight excluding hydrogens is 286 g/mol. The summed E-state index contributed by atoms with van der Waals surface area (Å²) in [7, 11) is 0. The van der Waals surface area contributed by atoms with Gasteiger partial charge in [-0.25, -0.2) is 0 Å². The number of benzene rings is 1. The third-order valence-electron chi connectivity index (χ3n) is 4.34. The lowest BCUT2D eigenvalue weighted by atomic mass is 10.1. The average molecular weight is 309 g/mol. The number of carbonyl (C=O) groups excluding carboxylic acids is 1. The first kappa shape index (κ1) is 15.5. The summed E-state index contributed by atoms with van der Waals surface area (Å²) in [6.45, 7) is 2.14. The van der Waals surface area contributed by atoms with Gasteiger partial charge in [0.1, 0.15) is 0 Å². The zero-order valence-electron chi connectivity index (χ0n) is 13.5. The van der Waals surface area contributed by atoms with E-state index >= 15 is 0 Å². The zero-order valence-corrected chi connectivity index (χ0v) is 13.5. The molecule has 0 aliphatic heterocycles. The highest BCUT2D eigenvalue weighted by Gasteiger charge is 2.18. The zero-order chi connectivity index (χ0) is 16.1. The second-order valence-corrected chi connectivity index (χ2v) is 6.09. The lowest BCUT2D eigenvalue weighted by molar-refractivity contribution is 0.0937. The van der Waals surface area contributed by atoms with Crippen molar-refractivity contribution < 1.29 is 4.79 Å². The van der Waals surface area contributed by atoms with Gasteiger partial charge in [0.15, 0.2) is 0 Å². The van der Waals surface area contributed by atoms with Crippen molar-refractivity contribution in [1.82, 2.24) is 10.3 Å². The normalized spacial score (nSPS) is 14.7. The number of anilines is 2. The summed E-state index contributed by atoms with van der Waals surface area (Å²) in [4.78, 5) is 16.5. The standard InChI is InChI=1S/C19H23N3O/c1-2-14-7-9-17(10-8-14)21-18-11-15(12-20-13-18)19(23)22-16-5-3-4-6-16/h7-13,16,21H,2-6H2,1H3,(H,22,23). The average Bonchev–Trinajstić information content (AvgIpc) is 3.09. The van der Waals surface area contributed by atoms with Crippen LogP contribution >= 0.6 is 0 Å². The van der Waals surface area contributed by atoms with E-state index in [9.17, 15) is 4.79 Å². The maximum Gasteiger partial charge on any atom is 0.253 e. The summed E-state index contributed by atoms with van der Waals surface area (Å²) in [6, 6.07) is 10.5. The van der Waals surface area contributed by atoms with Crippen molar-refractivity contribution in [2.75, 3.05) is 5.32 Å². The van der Waals surface area contributed by atoms with Crippen molar-refractivity contribution in [3.8, 4) is 0 Å². The number of nitrogens with zero attached hydrogens (tertiary/aromatic N) is 1. The van der Waals surface area contributed by atoms with Crippen LogP contribution in [0.5, 0.6) is 0 Å². The largest absolute Gasteiger partial charge is 0.354 e. The molecule has 1 aliphatic carbocycles. The Labute approximate surface area is 137 Å². The van der Waals surface area contributed by atoms with Gasteiger partial charge in [-0.1, -0.05) is 31.9 Å². The highest BCUT2D eigenvalue weighted by atomic mass is 16.1. The van der Waals surface area contributed by atoms with Crippen LogP contribution in [0, 0.1) is 0 Å². The smallest absolute Gasteiger partial charge is 0.253 e. The molecule has 0 atom stereocenters. The Balaban J connectivity index is 1.67. The van der Waals surface area contributed by atoms with Crippen LogP contribution in [0.15, 0.2) is 42.7 Å². The summed E-state index contributed by atoms with van der Waals surface area (Å²) >= 11 is 0. The van der Waals surface area contributed by atoms with Crippen LogP contribution < -0.4 is 10.6 Å². The molecule has 1 amide bonds. The van der Waals surface area contributed by atoms with Gasteiger partial charge in [0.05, 0.1) is 17.4 Å². The summed E-state index contributed by atoms with van der Waals surface area (Å²) in [6.07, 6.45) is 8.97. The van der Waals surface area contributed by atoms with Crippen LogP contribution in [0.3, 0.4) is 0 Å². The van der Waals surface area contributed by atoms with Crippen molar-refractivity contribution in [2.24, 2.45) is 0 Å². The number of hydrogen-bond acceptors (Lipinski definition) is 3. The molecule has 1 aromatic heterocycles. The minimum absolute atomic E-state index is 0.0330. The van der Waals surface area contributed by atoms with E-state index in [-0.39, 0.29) is 5.91 Å². The van der Waals surface area contributed by atoms with Gasteiger partial charge >= 0.3 is 0 Å². The van der Waals surface area contributed by atoms with E-state index in [1.54, 1.807) is 12.4 Å². The van der Waals surface area contributed by atoms with Crippen molar-refractivity contribution >= 4 is 17.3 Å². The fourth-order valence-corrected chi connectivity index (χ4v) is 2.96. The maximum atomic E-state index is 12.3. The minimum Gasteiger partial charge on any atom is -0.354 e. The molecule has 1 saturated carbocycles. The van der Waals surface area contributed by atoms with Crippen LogP contribution in [-0.4, -0.2) is 16.9 Å². The maximum absolute atomic E-state index is 12.3. The molecule has 4 nitrogen and oxygen atoms in total. The van der Waals surface area contributed by atoms with Gasteiger partial charge in [-0.2, -0.15) is 0 Å². The van der Waals surface area contributed by atoms with Gasteiger partial charge in [0.25, 0.3) is 5.91 Å². The van der Waals surface area contributed by atoms with Crippen LogP contribution in [0.25, 0.3) is 0 Å². The molecule has 2 N–H and O–H groups in total. The first-order valence-electron chi connectivity index (χ1n) is 8.36. The van der Waals surface area contributed by atoms with Crippen LogP contribution in [0.2, 0.25) is 0 Å². The van der Waals surface area contributed by atoms with Gasteiger partial charge in [0.2, 0.25) is 0 Å². The Morgan fingerprint density at radius 1 is 1.13 bits per heavy atom. The second-order valence-electron chi connectivity index (χ2n) is 6.09. The third-order valence-corrected chi connectivity index (χ3v) is 4.34. The first-order valence-corrected chi connectivity index (χ1v) is 8.36. The second kappa shape index (κ2) is 7.27. The molecule has 4 heteroatoms. The predicted molar refractivity (Wildman–Crippen MR) is 93.1 cm³/mol. The SMILES string of the molecule is CCc1ccc(Nc2cncc(C(=O)NC3CCCC3)c2)cc1. The van der Waals surface area contributed by atoms with Crippen molar-refractivity contribution in [3.05, 3.63) is 53.9 Å². The molecule has 1 heterocycles. The van der Waals surface area contributed by atoms with Gasteiger partial charge in [-0.3, -0.25) is 9.78 Å². The van der Waals surface area contributed by atoms with E-state index in [4.69, 9.17) is 0 Å². The number of carbonyl (C=O) groups is 1. The Hall–Kier alpha value is -2.36. The third kappa shape index (κ3) is 4.09. The topological polar surface area (TPSA) is 54.0 Å². The summed E-state index contributed by atoms with van der Waals surface area (Å²) in [5, 5.41) is 6.40. The molecule has 0 spiro atoms. The molecule has 1 aliphatic rings. The Morgan fingerprint density at radius 2 is 1.87 bits per heavy atom. The monoisotopic (exact) mass is 309 g/mol. The van der Waals surface area contributed by atoms with E-state index in [0.717, 1.165) is 30.6 Å². The molecule has 0 saturated heterocycles. The number of hydrogen-bond donors (Lipinski definition) is 2. The van der Waals surface area contributed by atoms with Crippen LogP contribution in [0.4, 0.5) is 11.4 Å². The van der Waals surface area contributed by atoms with Gasteiger partial charge in [-0.05, 0) is 43.0 Å². The molecule has 3 rings (SSSR count). The lowest BCUT2D eigenvalue weighted by Gasteiger charge is -2.12. The summed E-state index contributed by atoms with van der Waals surface area (Å²) in [5.41, 5.74) is 3.73. The number of amides is 1. The molecule has 0 unspecified atom stereocenters. The molecule has 120 valence electrons. The Bertz CT molecular complexity index is 661. The van der Waals surface area contributed by atoms with Crippen molar-refractivity contribution in [1.29, 1.82) is 0 Å². The molecule has 1 fully saturated rings. The van der Waals surface area contributed by atoms with Gasteiger partial charge in [-0.15, -0.1) is 0 Å². The lowest BCUT2D eigenvalue weighted by Crippen LogP contribution is -2.32. The van der Waals surface area contributed by atoms with Crippen LogP contribution in [-0.2, 0) is 6.42 Å². The fraction of sp³-hybridized carbons (Fsp3) is 0.368. The molecule has 0 bridgehead atoms. The number of pyridine rings is 1. The van der Waals surface area contributed by atoms with Gasteiger partial charge in [0, 0.05) is 17.9 Å². The van der Waals surface area contributed by atoms with E-state index < -0.39 is 0 Å². The Morgan fingerprint density at radius 3 is 2.57 bits per heavy atom. The van der Waals surface area contributed by atoms with E-state index in [1.165, 1.54) is 18.4 Å². The van der Waals surface area contributed by atoms with E-state index in [2.05, 4.69) is 34.7 Å². The van der Waals surface area contributed by atoms with E-state index in [0.29, 0.717) is 11.6 Å². The molecular formula is C19H23N3O. The molecule has 2 aromatic rings. The summed E-state index contributed by atoms with van der Waals surface area (Å²) < 4.78 is 0. The molecule has 1 aromatic carbocycles. The molecule has 0 radical (unpaired) electrons. The predicted octanol–water partition coefficient (Wildman–Crippen LogP) is 4.06. The number of aromatic nitrogens is 1. The quantitative estimate of drug-likeness (QED) is 0.875. The highest BCUT2D eigenvalue weighted by molar-refractivity contribution is 5.95.